The van der Waals surface area contributed by atoms with Gasteiger partial charge in [-0.3, -0.25) is 4.79 Å². The Morgan fingerprint density at radius 2 is 1.71 bits per heavy atom. The van der Waals surface area contributed by atoms with Gasteiger partial charge in [-0.15, -0.1) is 0 Å². The lowest BCUT2D eigenvalue weighted by Crippen LogP contribution is -2.43. The summed E-state index contributed by atoms with van der Waals surface area (Å²) in [4.78, 5) is 22.1. The molecule has 0 unspecified atom stereocenters. The van der Waals surface area contributed by atoms with Crippen LogP contribution in [0.3, 0.4) is 0 Å². The second-order valence-corrected chi connectivity index (χ2v) is 12.9. The first-order valence-corrected chi connectivity index (χ1v) is 12.6. The van der Waals surface area contributed by atoms with Gasteiger partial charge in [0.15, 0.2) is 5.65 Å². The van der Waals surface area contributed by atoms with E-state index in [4.69, 9.17) is 10.1 Å². The maximum absolute atomic E-state index is 13.1. The average molecular weight is 476 g/mol. The van der Waals surface area contributed by atoms with Gasteiger partial charge in [0, 0.05) is 36.2 Å². The highest BCUT2D eigenvalue weighted by atomic mass is 16.2. The molecule has 1 amide bonds. The summed E-state index contributed by atoms with van der Waals surface area (Å²) in [7, 11) is 1.93. The van der Waals surface area contributed by atoms with Gasteiger partial charge in [-0.1, -0.05) is 67.5 Å². The highest BCUT2D eigenvalue weighted by Crippen LogP contribution is 2.44. The smallest absolute Gasteiger partial charge is 0.228 e. The Bertz CT molecular complexity index is 1240. The number of aromatic nitrogens is 3. The molecule has 4 rings (SSSR count). The van der Waals surface area contributed by atoms with Crippen molar-refractivity contribution in [2.75, 3.05) is 18.5 Å². The first-order valence-electron chi connectivity index (χ1n) is 12.6. The van der Waals surface area contributed by atoms with Crippen LogP contribution >= 0.6 is 0 Å². The number of carbonyl (C=O) groups is 1. The molecule has 0 saturated heterocycles. The quantitative estimate of drug-likeness (QED) is 0.437. The van der Waals surface area contributed by atoms with E-state index in [-0.39, 0.29) is 22.8 Å². The van der Waals surface area contributed by atoms with E-state index in [1.807, 2.05) is 56.4 Å². The average Bonchev–Trinajstić information content (AvgIpc) is 3.12. The van der Waals surface area contributed by atoms with E-state index < -0.39 is 5.41 Å². The number of hydrogen-bond donors (Lipinski definition) is 0. The molecule has 2 aromatic heterocycles. The Morgan fingerprint density at radius 3 is 2.29 bits per heavy atom. The lowest BCUT2D eigenvalue weighted by atomic mass is 9.79. The number of fused-ring (bicyclic) bond motifs is 3. The maximum Gasteiger partial charge on any atom is 0.228 e. The van der Waals surface area contributed by atoms with Gasteiger partial charge in [0.1, 0.15) is 0 Å². The summed E-state index contributed by atoms with van der Waals surface area (Å²) in [5.41, 5.74) is 5.93. The van der Waals surface area contributed by atoms with Crippen molar-refractivity contribution in [1.82, 2.24) is 19.5 Å². The number of anilines is 2. The third-order valence-corrected chi connectivity index (χ3v) is 7.17. The Hall–Kier alpha value is -2.89. The SMILES string of the molecule is Cc1cc2ncc3c(n2n1)C(C)(C)CCN3c1ccc([C@H](N(C)C(=O)C(C)(C)C)C(C)(C)C)cc1. The van der Waals surface area contributed by atoms with Gasteiger partial charge in [-0.25, -0.2) is 9.50 Å². The van der Waals surface area contributed by atoms with E-state index in [1.165, 1.54) is 5.69 Å². The molecule has 3 heterocycles. The summed E-state index contributed by atoms with van der Waals surface area (Å²) < 4.78 is 2.02. The van der Waals surface area contributed by atoms with Crippen LogP contribution < -0.4 is 4.90 Å². The second-order valence-electron chi connectivity index (χ2n) is 12.9. The molecule has 1 aromatic carbocycles. The Labute approximate surface area is 210 Å². The van der Waals surface area contributed by atoms with Crippen LogP contribution in [0.2, 0.25) is 0 Å². The number of nitrogens with zero attached hydrogens (tertiary/aromatic N) is 5. The van der Waals surface area contributed by atoms with E-state index in [2.05, 4.69) is 63.8 Å². The zero-order chi connectivity index (χ0) is 25.9. The van der Waals surface area contributed by atoms with Gasteiger partial charge in [-0.05, 0) is 36.5 Å². The minimum absolute atomic E-state index is 0.00121. The molecule has 35 heavy (non-hydrogen) atoms. The van der Waals surface area contributed by atoms with Gasteiger partial charge < -0.3 is 9.80 Å². The normalized spacial score (nSPS) is 16.8. The number of amides is 1. The van der Waals surface area contributed by atoms with E-state index >= 15 is 0 Å². The van der Waals surface area contributed by atoms with Crippen molar-refractivity contribution < 1.29 is 4.79 Å². The van der Waals surface area contributed by atoms with Crippen LogP contribution in [0, 0.1) is 17.8 Å². The molecule has 0 fully saturated rings. The summed E-state index contributed by atoms with van der Waals surface area (Å²) in [6, 6.07) is 10.7. The molecule has 0 radical (unpaired) electrons. The standard InChI is InChI=1S/C29H41N5O/c1-19-17-23-30-18-22-25(34(23)31-19)29(8,9)15-16-33(22)21-13-11-20(12-14-21)24(27(2,3)4)32(10)26(35)28(5,6)7/h11-14,17-18,24H,15-16H2,1-10H3/t24-/m0/s1. The monoisotopic (exact) mass is 475 g/mol. The highest BCUT2D eigenvalue weighted by Gasteiger charge is 2.38. The first-order chi connectivity index (χ1) is 16.1. The number of aryl methyl sites for hydroxylation is 1. The molecule has 188 valence electrons. The third-order valence-electron chi connectivity index (χ3n) is 7.17. The van der Waals surface area contributed by atoms with Crippen molar-refractivity contribution in [3.05, 3.63) is 53.5 Å². The van der Waals surface area contributed by atoms with Crippen molar-refractivity contribution >= 4 is 22.9 Å². The van der Waals surface area contributed by atoms with Crippen LogP contribution in [-0.2, 0) is 10.2 Å². The van der Waals surface area contributed by atoms with Gasteiger partial charge in [0.05, 0.1) is 29.3 Å². The molecule has 6 nitrogen and oxygen atoms in total. The molecule has 0 N–H and O–H groups in total. The van der Waals surface area contributed by atoms with Crippen LogP contribution in [-0.4, -0.2) is 39.0 Å². The van der Waals surface area contributed by atoms with Gasteiger partial charge in [0.2, 0.25) is 5.91 Å². The van der Waals surface area contributed by atoms with Crippen molar-refractivity contribution in [2.24, 2.45) is 10.8 Å². The van der Waals surface area contributed by atoms with Crippen LogP contribution in [0.1, 0.15) is 84.8 Å². The van der Waals surface area contributed by atoms with Gasteiger partial charge in [0.25, 0.3) is 0 Å². The Kier molecular flexibility index (Phi) is 6.02. The van der Waals surface area contributed by atoms with Crippen LogP contribution in [0.5, 0.6) is 0 Å². The zero-order valence-corrected chi connectivity index (χ0v) is 23.1. The molecule has 0 spiro atoms. The molecule has 1 aliphatic heterocycles. The van der Waals surface area contributed by atoms with Crippen molar-refractivity contribution in [1.29, 1.82) is 0 Å². The van der Waals surface area contributed by atoms with Crippen molar-refractivity contribution in [2.45, 2.75) is 80.2 Å². The summed E-state index contributed by atoms with van der Waals surface area (Å²) in [5.74, 6) is 0.151. The Balaban J connectivity index is 1.73. The molecule has 6 heteroatoms. The minimum Gasteiger partial charge on any atom is -0.339 e. The predicted molar refractivity (Wildman–Crippen MR) is 143 cm³/mol. The fraction of sp³-hybridized carbons (Fsp3) is 0.552. The number of hydrogen-bond acceptors (Lipinski definition) is 4. The molecule has 0 saturated carbocycles. The lowest BCUT2D eigenvalue weighted by molar-refractivity contribution is -0.142. The molecule has 1 aliphatic rings. The molecule has 0 bridgehead atoms. The molecular weight excluding hydrogens is 434 g/mol. The van der Waals surface area contributed by atoms with Crippen LogP contribution in [0.15, 0.2) is 36.5 Å². The van der Waals surface area contributed by atoms with E-state index in [9.17, 15) is 4.79 Å². The molecule has 3 aromatic rings. The number of carbonyl (C=O) groups excluding carboxylic acids is 1. The predicted octanol–water partition coefficient (Wildman–Crippen LogP) is 6.45. The second kappa shape index (κ2) is 8.35. The summed E-state index contributed by atoms with van der Waals surface area (Å²) >= 11 is 0. The fourth-order valence-corrected chi connectivity index (χ4v) is 5.56. The van der Waals surface area contributed by atoms with Crippen LogP contribution in [0.25, 0.3) is 5.65 Å². The van der Waals surface area contributed by atoms with Gasteiger partial charge in [-0.2, -0.15) is 5.10 Å². The zero-order valence-electron chi connectivity index (χ0n) is 23.1. The first kappa shape index (κ1) is 25.2. The lowest BCUT2D eigenvalue weighted by Gasteiger charge is -2.42. The van der Waals surface area contributed by atoms with E-state index in [1.54, 1.807) is 0 Å². The van der Waals surface area contributed by atoms with Crippen molar-refractivity contribution in [3.8, 4) is 0 Å². The summed E-state index contributed by atoms with van der Waals surface area (Å²) in [6.07, 6.45) is 3.02. The number of benzene rings is 1. The van der Waals surface area contributed by atoms with E-state index in [0.717, 1.165) is 41.2 Å². The highest BCUT2D eigenvalue weighted by molar-refractivity contribution is 5.82. The number of rotatable bonds is 3. The Morgan fingerprint density at radius 1 is 1.09 bits per heavy atom. The maximum atomic E-state index is 13.1. The molecular formula is C29H41N5O. The minimum atomic E-state index is -0.425. The topological polar surface area (TPSA) is 53.7 Å². The van der Waals surface area contributed by atoms with Crippen LogP contribution in [0.4, 0.5) is 11.4 Å². The summed E-state index contributed by atoms with van der Waals surface area (Å²) in [6.45, 7) is 20.1. The fourth-order valence-electron chi connectivity index (χ4n) is 5.56. The van der Waals surface area contributed by atoms with Crippen molar-refractivity contribution in [3.63, 3.8) is 0 Å². The summed E-state index contributed by atoms with van der Waals surface area (Å²) in [5, 5.41) is 4.76. The van der Waals surface area contributed by atoms with Gasteiger partial charge >= 0.3 is 0 Å². The largest absolute Gasteiger partial charge is 0.339 e. The third kappa shape index (κ3) is 4.55. The molecule has 1 atom stereocenters. The molecule has 0 aliphatic carbocycles. The van der Waals surface area contributed by atoms with E-state index in [0.29, 0.717) is 0 Å².